The zero-order valence-corrected chi connectivity index (χ0v) is 15.2. The predicted molar refractivity (Wildman–Crippen MR) is 97.1 cm³/mol. The van der Waals surface area contributed by atoms with Crippen LogP contribution in [-0.2, 0) is 0 Å². The maximum Gasteiger partial charge on any atom is 0.127 e. The van der Waals surface area contributed by atoms with Gasteiger partial charge in [0.1, 0.15) is 5.75 Å². The van der Waals surface area contributed by atoms with E-state index < -0.39 is 0 Å². The first-order valence-corrected chi connectivity index (χ1v) is 8.29. The molecule has 0 aromatic heterocycles. The molecule has 2 aromatic rings. The molecule has 0 radical (unpaired) electrons. The minimum Gasteiger partial charge on any atom is -0.496 e. The molecule has 1 N–H and O–H groups in total. The van der Waals surface area contributed by atoms with Crippen molar-refractivity contribution in [1.29, 1.82) is 0 Å². The molecular formula is C18H22INO. The third kappa shape index (κ3) is 3.58. The molecule has 0 heterocycles. The van der Waals surface area contributed by atoms with Gasteiger partial charge in [-0.2, -0.15) is 0 Å². The Morgan fingerprint density at radius 3 is 2.33 bits per heavy atom. The van der Waals surface area contributed by atoms with Crippen LogP contribution in [0, 0.1) is 17.4 Å². The lowest BCUT2D eigenvalue weighted by atomic mass is 9.94. The van der Waals surface area contributed by atoms with E-state index in [9.17, 15) is 0 Å². The van der Waals surface area contributed by atoms with E-state index >= 15 is 0 Å². The number of hydrogen-bond acceptors (Lipinski definition) is 2. The summed E-state index contributed by atoms with van der Waals surface area (Å²) in [6.45, 7) is 7.28. The summed E-state index contributed by atoms with van der Waals surface area (Å²) in [6, 6.07) is 13.2. The third-order valence-corrected chi connectivity index (χ3v) is 4.55. The highest BCUT2D eigenvalue weighted by Gasteiger charge is 2.19. The summed E-state index contributed by atoms with van der Waals surface area (Å²) >= 11 is 2.33. The van der Waals surface area contributed by atoms with E-state index in [4.69, 9.17) is 4.74 Å². The number of nitrogens with one attached hydrogen (secondary N) is 1. The molecule has 0 aliphatic carbocycles. The van der Waals surface area contributed by atoms with Crippen LogP contribution in [0.5, 0.6) is 5.75 Å². The molecular weight excluding hydrogens is 373 g/mol. The van der Waals surface area contributed by atoms with Crippen molar-refractivity contribution in [3.8, 4) is 5.75 Å². The number of rotatable bonds is 5. The first-order valence-electron chi connectivity index (χ1n) is 7.21. The van der Waals surface area contributed by atoms with Gasteiger partial charge in [0.05, 0.1) is 13.2 Å². The van der Waals surface area contributed by atoms with E-state index in [0.717, 1.165) is 12.3 Å². The first-order chi connectivity index (χ1) is 10.1. The lowest BCUT2D eigenvalue weighted by Crippen LogP contribution is -2.22. The van der Waals surface area contributed by atoms with Crippen LogP contribution >= 0.6 is 22.6 Å². The monoisotopic (exact) mass is 395 g/mol. The molecule has 112 valence electrons. The van der Waals surface area contributed by atoms with Crippen LogP contribution in [0.25, 0.3) is 0 Å². The van der Waals surface area contributed by atoms with Crippen molar-refractivity contribution < 1.29 is 4.74 Å². The fourth-order valence-electron chi connectivity index (χ4n) is 2.58. The molecule has 0 amide bonds. The minimum absolute atomic E-state index is 0.154. The number of ether oxygens (including phenoxy) is 1. The summed E-state index contributed by atoms with van der Waals surface area (Å²) in [6.07, 6.45) is 0. The Hall–Kier alpha value is -1.07. The van der Waals surface area contributed by atoms with Crippen LogP contribution < -0.4 is 10.1 Å². The summed E-state index contributed by atoms with van der Waals surface area (Å²) in [7, 11) is 1.75. The highest BCUT2D eigenvalue weighted by molar-refractivity contribution is 14.1. The second kappa shape index (κ2) is 7.27. The molecule has 2 rings (SSSR count). The zero-order valence-electron chi connectivity index (χ0n) is 13.0. The standard InChI is InChI=1S/C18H22INO/c1-5-20-17(14-7-9-15(19)10-8-14)16-11-6-12(2)13(3)18(16)21-4/h6-11,17,20H,5H2,1-4H3. The van der Waals surface area contributed by atoms with Gasteiger partial charge in [-0.05, 0) is 71.8 Å². The third-order valence-electron chi connectivity index (χ3n) is 3.83. The summed E-state index contributed by atoms with van der Waals surface area (Å²) in [5.41, 5.74) is 4.93. The summed E-state index contributed by atoms with van der Waals surface area (Å²) in [5.74, 6) is 0.986. The molecule has 0 saturated heterocycles. The molecule has 0 spiro atoms. The van der Waals surface area contributed by atoms with Crippen LogP contribution in [0.4, 0.5) is 0 Å². The van der Waals surface area contributed by atoms with E-state index in [-0.39, 0.29) is 6.04 Å². The van der Waals surface area contributed by atoms with E-state index in [2.05, 4.69) is 85.1 Å². The lowest BCUT2D eigenvalue weighted by molar-refractivity contribution is 0.401. The Labute approximate surface area is 141 Å². The summed E-state index contributed by atoms with van der Waals surface area (Å²) in [5, 5.41) is 3.57. The average Bonchev–Trinajstić information content (AvgIpc) is 2.49. The molecule has 21 heavy (non-hydrogen) atoms. The van der Waals surface area contributed by atoms with Crippen LogP contribution in [0.2, 0.25) is 0 Å². The van der Waals surface area contributed by atoms with Gasteiger partial charge < -0.3 is 10.1 Å². The van der Waals surface area contributed by atoms with E-state index in [1.54, 1.807) is 7.11 Å². The quantitative estimate of drug-likeness (QED) is 0.747. The Morgan fingerprint density at radius 2 is 1.76 bits per heavy atom. The summed E-state index contributed by atoms with van der Waals surface area (Å²) < 4.78 is 6.94. The van der Waals surface area contributed by atoms with Crippen molar-refractivity contribution in [2.45, 2.75) is 26.8 Å². The van der Waals surface area contributed by atoms with Crippen molar-refractivity contribution in [3.63, 3.8) is 0 Å². The van der Waals surface area contributed by atoms with E-state index in [0.29, 0.717) is 0 Å². The van der Waals surface area contributed by atoms with Gasteiger partial charge in [-0.25, -0.2) is 0 Å². The van der Waals surface area contributed by atoms with Crippen molar-refractivity contribution in [2.24, 2.45) is 0 Å². The largest absolute Gasteiger partial charge is 0.496 e. The number of hydrogen-bond donors (Lipinski definition) is 1. The van der Waals surface area contributed by atoms with Crippen molar-refractivity contribution in [3.05, 3.63) is 62.2 Å². The van der Waals surface area contributed by atoms with E-state index in [1.807, 2.05) is 0 Å². The highest BCUT2D eigenvalue weighted by Crippen LogP contribution is 2.34. The van der Waals surface area contributed by atoms with Crippen LogP contribution in [0.15, 0.2) is 36.4 Å². The first kappa shape index (κ1) is 16.3. The molecule has 0 aliphatic rings. The highest BCUT2D eigenvalue weighted by atomic mass is 127. The van der Waals surface area contributed by atoms with Crippen molar-refractivity contribution in [2.75, 3.05) is 13.7 Å². The number of halogens is 1. The minimum atomic E-state index is 0.154. The normalized spacial score (nSPS) is 12.2. The van der Waals surface area contributed by atoms with Gasteiger partial charge in [-0.3, -0.25) is 0 Å². The topological polar surface area (TPSA) is 21.3 Å². The molecule has 3 heteroatoms. The van der Waals surface area contributed by atoms with Crippen molar-refractivity contribution >= 4 is 22.6 Å². The molecule has 1 unspecified atom stereocenters. The number of methoxy groups -OCH3 is 1. The van der Waals surface area contributed by atoms with Crippen LogP contribution in [0.1, 0.15) is 35.2 Å². The van der Waals surface area contributed by atoms with Crippen molar-refractivity contribution in [1.82, 2.24) is 5.32 Å². The zero-order chi connectivity index (χ0) is 15.4. The molecule has 2 aromatic carbocycles. The Balaban J connectivity index is 2.52. The second-order valence-corrected chi connectivity index (χ2v) is 6.42. The molecule has 0 bridgehead atoms. The van der Waals surface area contributed by atoms with Gasteiger partial charge >= 0.3 is 0 Å². The smallest absolute Gasteiger partial charge is 0.127 e. The molecule has 1 atom stereocenters. The Bertz CT molecular complexity index is 607. The predicted octanol–water partition coefficient (Wildman–Crippen LogP) is 4.62. The molecule has 0 aliphatic heterocycles. The van der Waals surface area contributed by atoms with Crippen LogP contribution in [0.3, 0.4) is 0 Å². The second-order valence-electron chi connectivity index (χ2n) is 5.17. The van der Waals surface area contributed by atoms with Crippen LogP contribution in [-0.4, -0.2) is 13.7 Å². The molecule has 2 nitrogen and oxygen atoms in total. The van der Waals surface area contributed by atoms with E-state index in [1.165, 1.54) is 25.8 Å². The fourth-order valence-corrected chi connectivity index (χ4v) is 2.94. The molecule has 0 fully saturated rings. The number of benzene rings is 2. The van der Waals surface area contributed by atoms with Gasteiger partial charge in [0.2, 0.25) is 0 Å². The van der Waals surface area contributed by atoms with Gasteiger partial charge in [-0.15, -0.1) is 0 Å². The maximum absolute atomic E-state index is 5.69. The average molecular weight is 395 g/mol. The summed E-state index contributed by atoms with van der Waals surface area (Å²) in [4.78, 5) is 0. The Kier molecular flexibility index (Phi) is 5.65. The van der Waals surface area contributed by atoms with Gasteiger partial charge in [-0.1, -0.05) is 31.2 Å². The Morgan fingerprint density at radius 1 is 1.10 bits per heavy atom. The van der Waals surface area contributed by atoms with Gasteiger partial charge in [0.15, 0.2) is 0 Å². The number of aryl methyl sites for hydroxylation is 1. The van der Waals surface area contributed by atoms with Gasteiger partial charge in [0.25, 0.3) is 0 Å². The fraction of sp³-hybridized carbons (Fsp3) is 0.333. The lowest BCUT2D eigenvalue weighted by Gasteiger charge is -2.23. The SMILES string of the molecule is CCNC(c1ccc(I)cc1)c1ccc(C)c(C)c1OC. The molecule has 0 saturated carbocycles. The maximum atomic E-state index is 5.69. The van der Waals surface area contributed by atoms with Gasteiger partial charge in [0, 0.05) is 9.13 Å².